The molecule has 2 rings (SSSR count). The lowest BCUT2D eigenvalue weighted by Gasteiger charge is -2.27. The van der Waals surface area contributed by atoms with Crippen LogP contribution >= 0.6 is 0 Å². The minimum Gasteiger partial charge on any atom is -0.472 e. The number of piperidine rings is 1. The third-order valence-corrected chi connectivity index (χ3v) is 3.67. The van der Waals surface area contributed by atoms with Crippen molar-refractivity contribution in [2.45, 2.75) is 32.6 Å². The van der Waals surface area contributed by atoms with Gasteiger partial charge in [-0.15, -0.1) is 0 Å². The first kappa shape index (κ1) is 12.4. The van der Waals surface area contributed by atoms with Crippen LogP contribution in [0.15, 0.2) is 23.0 Å². The fraction of sp³-hybridized carbons (Fsp3) is 0.643. The van der Waals surface area contributed by atoms with Gasteiger partial charge in [0.15, 0.2) is 0 Å². The quantitative estimate of drug-likeness (QED) is 0.852. The molecular formula is C14H21NO2. The highest BCUT2D eigenvalue weighted by molar-refractivity contribution is 5.80. The van der Waals surface area contributed by atoms with Crippen molar-refractivity contribution in [2.24, 2.45) is 11.8 Å². The van der Waals surface area contributed by atoms with Crippen LogP contribution < -0.4 is 5.32 Å². The molecule has 1 aromatic rings. The van der Waals surface area contributed by atoms with Crippen LogP contribution in [0.1, 0.15) is 31.7 Å². The molecule has 1 aliphatic rings. The summed E-state index contributed by atoms with van der Waals surface area (Å²) >= 11 is 0. The van der Waals surface area contributed by atoms with Gasteiger partial charge in [-0.05, 0) is 49.4 Å². The molecule has 0 aromatic carbocycles. The minimum atomic E-state index is 0.324. The maximum Gasteiger partial charge on any atom is 0.137 e. The van der Waals surface area contributed by atoms with Crippen LogP contribution in [0.4, 0.5) is 0 Å². The van der Waals surface area contributed by atoms with E-state index >= 15 is 0 Å². The standard InChI is InChI=1S/C14H21NO2/c1-11(13-3-2-5-15-9-13)7-14(16)8-12-4-6-17-10-12/h4,6,10-11,13,15H,2-3,5,7-9H2,1H3. The fourth-order valence-corrected chi connectivity index (χ4v) is 2.58. The second-order valence-corrected chi connectivity index (χ2v) is 5.13. The van der Waals surface area contributed by atoms with Gasteiger partial charge in [-0.3, -0.25) is 4.79 Å². The van der Waals surface area contributed by atoms with Crippen LogP contribution in [0.5, 0.6) is 0 Å². The molecule has 1 aliphatic heterocycles. The molecule has 2 heterocycles. The van der Waals surface area contributed by atoms with Gasteiger partial charge in [-0.2, -0.15) is 0 Å². The Bertz CT molecular complexity index is 339. The summed E-state index contributed by atoms with van der Waals surface area (Å²) < 4.78 is 4.97. The van der Waals surface area contributed by atoms with E-state index in [2.05, 4.69) is 12.2 Å². The highest BCUT2D eigenvalue weighted by Crippen LogP contribution is 2.23. The van der Waals surface area contributed by atoms with E-state index in [0.717, 1.165) is 18.7 Å². The summed E-state index contributed by atoms with van der Waals surface area (Å²) in [5.41, 5.74) is 0.990. The van der Waals surface area contributed by atoms with Gasteiger partial charge < -0.3 is 9.73 Å². The Morgan fingerprint density at radius 1 is 1.65 bits per heavy atom. The first-order valence-electron chi connectivity index (χ1n) is 6.49. The lowest BCUT2D eigenvalue weighted by Crippen LogP contribution is -2.34. The summed E-state index contributed by atoms with van der Waals surface area (Å²) in [6.07, 6.45) is 6.98. The Balaban J connectivity index is 1.77. The molecule has 0 amide bonds. The van der Waals surface area contributed by atoms with E-state index in [9.17, 15) is 4.79 Å². The summed E-state index contributed by atoms with van der Waals surface area (Å²) in [6, 6.07) is 1.87. The molecule has 1 N–H and O–H groups in total. The van der Waals surface area contributed by atoms with Crippen LogP contribution in [0.3, 0.4) is 0 Å². The third-order valence-electron chi connectivity index (χ3n) is 3.67. The monoisotopic (exact) mass is 235 g/mol. The number of ketones is 1. The van der Waals surface area contributed by atoms with Gasteiger partial charge in [0, 0.05) is 12.8 Å². The van der Waals surface area contributed by atoms with Crippen molar-refractivity contribution in [3.63, 3.8) is 0 Å². The largest absolute Gasteiger partial charge is 0.472 e. The van der Waals surface area contributed by atoms with Gasteiger partial charge in [-0.1, -0.05) is 6.92 Å². The van der Waals surface area contributed by atoms with Gasteiger partial charge in [0.25, 0.3) is 0 Å². The number of hydrogen-bond acceptors (Lipinski definition) is 3. The van der Waals surface area contributed by atoms with Crippen molar-refractivity contribution >= 4 is 5.78 Å². The smallest absolute Gasteiger partial charge is 0.137 e. The Kier molecular flexibility index (Phi) is 4.37. The SMILES string of the molecule is CC(CC(=O)Cc1ccoc1)C1CCCNC1. The molecule has 2 atom stereocenters. The number of carbonyl (C=O) groups is 1. The molecule has 3 heteroatoms. The molecular weight excluding hydrogens is 214 g/mol. The zero-order chi connectivity index (χ0) is 12.1. The molecule has 1 fully saturated rings. The minimum absolute atomic E-state index is 0.324. The van der Waals surface area contributed by atoms with Crippen molar-refractivity contribution in [3.8, 4) is 0 Å². The number of rotatable bonds is 5. The van der Waals surface area contributed by atoms with E-state index in [4.69, 9.17) is 4.42 Å². The van der Waals surface area contributed by atoms with Gasteiger partial charge in [0.05, 0.1) is 12.5 Å². The van der Waals surface area contributed by atoms with E-state index in [1.165, 1.54) is 12.8 Å². The average molecular weight is 235 g/mol. The molecule has 1 aromatic heterocycles. The Hall–Kier alpha value is -1.09. The predicted octanol–water partition coefficient (Wildman–Crippen LogP) is 2.42. The molecule has 0 aliphatic carbocycles. The number of nitrogens with one attached hydrogen (secondary N) is 1. The number of Topliss-reactive ketones (excluding diaryl/α,β-unsaturated/α-hetero) is 1. The lowest BCUT2D eigenvalue weighted by atomic mass is 9.84. The average Bonchev–Trinajstić information content (AvgIpc) is 2.82. The third kappa shape index (κ3) is 3.70. The van der Waals surface area contributed by atoms with Crippen molar-refractivity contribution in [1.82, 2.24) is 5.32 Å². The highest BCUT2D eigenvalue weighted by Gasteiger charge is 2.21. The van der Waals surface area contributed by atoms with E-state index in [0.29, 0.717) is 30.5 Å². The van der Waals surface area contributed by atoms with Crippen molar-refractivity contribution in [3.05, 3.63) is 24.2 Å². The first-order valence-corrected chi connectivity index (χ1v) is 6.49. The van der Waals surface area contributed by atoms with Gasteiger partial charge in [0.2, 0.25) is 0 Å². The van der Waals surface area contributed by atoms with E-state index in [1.54, 1.807) is 12.5 Å². The summed E-state index contributed by atoms with van der Waals surface area (Å²) in [6.45, 7) is 4.40. The van der Waals surface area contributed by atoms with Crippen LogP contribution in [0.2, 0.25) is 0 Å². The van der Waals surface area contributed by atoms with Crippen molar-refractivity contribution < 1.29 is 9.21 Å². The second kappa shape index (κ2) is 6.01. The summed E-state index contributed by atoms with van der Waals surface area (Å²) in [5, 5.41) is 3.41. The number of hydrogen-bond donors (Lipinski definition) is 1. The fourth-order valence-electron chi connectivity index (χ4n) is 2.58. The van der Waals surface area contributed by atoms with E-state index in [-0.39, 0.29) is 0 Å². The molecule has 0 saturated carbocycles. The van der Waals surface area contributed by atoms with Gasteiger partial charge >= 0.3 is 0 Å². The number of carbonyl (C=O) groups excluding carboxylic acids is 1. The zero-order valence-electron chi connectivity index (χ0n) is 10.4. The molecule has 17 heavy (non-hydrogen) atoms. The molecule has 0 bridgehead atoms. The first-order chi connectivity index (χ1) is 8.25. The number of furan rings is 1. The zero-order valence-corrected chi connectivity index (χ0v) is 10.4. The molecule has 2 unspecified atom stereocenters. The molecule has 0 spiro atoms. The maximum atomic E-state index is 11.9. The topological polar surface area (TPSA) is 42.2 Å². The molecule has 3 nitrogen and oxygen atoms in total. The maximum absolute atomic E-state index is 11.9. The van der Waals surface area contributed by atoms with Gasteiger partial charge in [-0.25, -0.2) is 0 Å². The lowest BCUT2D eigenvalue weighted by molar-refractivity contribution is -0.119. The van der Waals surface area contributed by atoms with Crippen LogP contribution in [-0.4, -0.2) is 18.9 Å². The van der Waals surface area contributed by atoms with E-state index < -0.39 is 0 Å². The second-order valence-electron chi connectivity index (χ2n) is 5.13. The van der Waals surface area contributed by atoms with Crippen LogP contribution in [-0.2, 0) is 11.2 Å². The summed E-state index contributed by atoms with van der Waals surface area (Å²) in [7, 11) is 0. The molecule has 1 saturated heterocycles. The predicted molar refractivity (Wildman–Crippen MR) is 66.8 cm³/mol. The van der Waals surface area contributed by atoms with Crippen LogP contribution in [0.25, 0.3) is 0 Å². The summed E-state index contributed by atoms with van der Waals surface area (Å²) in [5.74, 6) is 1.48. The molecule has 0 radical (unpaired) electrons. The normalized spacial score (nSPS) is 22.3. The van der Waals surface area contributed by atoms with Crippen molar-refractivity contribution in [2.75, 3.05) is 13.1 Å². The highest BCUT2D eigenvalue weighted by atomic mass is 16.3. The van der Waals surface area contributed by atoms with E-state index in [1.807, 2.05) is 6.07 Å². The Morgan fingerprint density at radius 3 is 3.18 bits per heavy atom. The van der Waals surface area contributed by atoms with Gasteiger partial charge in [0.1, 0.15) is 5.78 Å². The molecule has 94 valence electrons. The summed E-state index contributed by atoms with van der Waals surface area (Å²) in [4.78, 5) is 11.9. The van der Waals surface area contributed by atoms with Crippen LogP contribution in [0, 0.1) is 11.8 Å². The Morgan fingerprint density at radius 2 is 2.53 bits per heavy atom. The Labute approximate surface area is 103 Å². The van der Waals surface area contributed by atoms with Crippen molar-refractivity contribution in [1.29, 1.82) is 0 Å².